The fourth-order valence-corrected chi connectivity index (χ4v) is 4.73. The molecule has 0 spiro atoms. The molecule has 1 amide bonds. The lowest BCUT2D eigenvalue weighted by Crippen LogP contribution is -2.34. The third-order valence-electron chi connectivity index (χ3n) is 5.27. The number of rotatable bonds is 13. The number of nitrogens with zero attached hydrogens (tertiary/aromatic N) is 1. The number of amides is 1. The highest BCUT2D eigenvalue weighted by Crippen LogP contribution is 2.28. The zero-order valence-electron chi connectivity index (χ0n) is 19.7. The number of hydrogen-bond donors (Lipinski definition) is 1. The lowest BCUT2D eigenvalue weighted by atomic mass is 10.1. The number of anilines is 1. The van der Waals surface area contributed by atoms with E-state index in [4.69, 9.17) is 4.74 Å². The van der Waals surface area contributed by atoms with Gasteiger partial charge in [-0.3, -0.25) is 9.10 Å². The second kappa shape index (κ2) is 12.5. The molecule has 0 unspecified atom stereocenters. The van der Waals surface area contributed by atoms with Crippen LogP contribution < -0.4 is 14.4 Å². The maximum absolute atomic E-state index is 12.4. The normalized spacial score (nSPS) is 11.2. The van der Waals surface area contributed by atoms with Crippen molar-refractivity contribution in [2.24, 2.45) is 0 Å². The molecule has 0 saturated carbocycles. The van der Waals surface area contributed by atoms with E-state index in [1.807, 2.05) is 44.2 Å². The monoisotopic (exact) mass is 460 g/mol. The molecular formula is C25H36N2O4S. The number of carbonyl (C=O) groups is 1. The molecule has 0 aliphatic carbocycles. The summed E-state index contributed by atoms with van der Waals surface area (Å²) in [6.45, 7) is 7.13. The summed E-state index contributed by atoms with van der Waals surface area (Å²) < 4.78 is 32.0. The number of ether oxygens (including phenoxy) is 1. The van der Waals surface area contributed by atoms with Gasteiger partial charge in [0.05, 0.1) is 18.5 Å². The first-order valence-electron chi connectivity index (χ1n) is 11.3. The lowest BCUT2D eigenvalue weighted by molar-refractivity contribution is -0.121. The van der Waals surface area contributed by atoms with Gasteiger partial charge in [0.25, 0.3) is 0 Å². The summed E-state index contributed by atoms with van der Waals surface area (Å²) in [7, 11) is -3.45. The van der Waals surface area contributed by atoms with Crippen molar-refractivity contribution < 1.29 is 17.9 Å². The van der Waals surface area contributed by atoms with Gasteiger partial charge in [-0.15, -0.1) is 0 Å². The minimum absolute atomic E-state index is 0.110. The summed E-state index contributed by atoms with van der Waals surface area (Å²) in [5.74, 6) is 0.675. The van der Waals surface area contributed by atoms with Crippen molar-refractivity contribution in [3.63, 3.8) is 0 Å². The predicted molar refractivity (Wildman–Crippen MR) is 131 cm³/mol. The molecule has 0 bridgehead atoms. The van der Waals surface area contributed by atoms with Crippen LogP contribution in [-0.4, -0.2) is 40.3 Å². The van der Waals surface area contributed by atoms with Crippen LogP contribution in [0, 0.1) is 6.92 Å². The molecule has 7 heteroatoms. The molecule has 2 rings (SSSR count). The molecule has 0 saturated heterocycles. The number of benzene rings is 2. The smallest absolute Gasteiger partial charge is 0.232 e. The van der Waals surface area contributed by atoms with Crippen LogP contribution in [0.5, 0.6) is 5.75 Å². The molecule has 32 heavy (non-hydrogen) atoms. The van der Waals surface area contributed by atoms with Crippen LogP contribution in [-0.2, 0) is 27.7 Å². The van der Waals surface area contributed by atoms with Crippen molar-refractivity contribution >= 4 is 21.6 Å². The summed E-state index contributed by atoms with van der Waals surface area (Å²) in [4.78, 5) is 12.2. The predicted octanol–water partition coefficient (Wildman–Crippen LogP) is 4.25. The summed E-state index contributed by atoms with van der Waals surface area (Å²) in [5.41, 5.74) is 3.92. The minimum atomic E-state index is -3.45. The Kier molecular flexibility index (Phi) is 10.0. The van der Waals surface area contributed by atoms with Crippen molar-refractivity contribution in [3.8, 4) is 5.75 Å². The largest absolute Gasteiger partial charge is 0.492 e. The first-order chi connectivity index (χ1) is 15.3. The second-order valence-electron chi connectivity index (χ2n) is 7.97. The van der Waals surface area contributed by atoms with E-state index in [-0.39, 0.29) is 18.9 Å². The molecule has 0 aromatic heterocycles. The second-order valence-corrected chi connectivity index (χ2v) is 9.87. The highest BCUT2D eigenvalue weighted by molar-refractivity contribution is 7.92. The van der Waals surface area contributed by atoms with E-state index in [9.17, 15) is 13.2 Å². The highest BCUT2D eigenvalue weighted by atomic mass is 32.2. The van der Waals surface area contributed by atoms with Gasteiger partial charge in [-0.1, -0.05) is 50.6 Å². The van der Waals surface area contributed by atoms with Gasteiger partial charge >= 0.3 is 0 Å². The average molecular weight is 461 g/mol. The van der Waals surface area contributed by atoms with Gasteiger partial charge in [0, 0.05) is 13.0 Å². The number of sulfonamides is 1. The van der Waals surface area contributed by atoms with E-state index in [2.05, 4.69) is 24.4 Å². The molecule has 0 heterocycles. The van der Waals surface area contributed by atoms with Gasteiger partial charge in [-0.05, 0) is 55.0 Å². The van der Waals surface area contributed by atoms with Crippen LogP contribution in [0.3, 0.4) is 0 Å². The molecule has 0 atom stereocenters. The number of aryl methyl sites for hydroxylation is 3. The van der Waals surface area contributed by atoms with Crippen molar-refractivity contribution in [2.75, 3.05) is 30.3 Å². The van der Waals surface area contributed by atoms with Crippen LogP contribution >= 0.6 is 0 Å². The number of nitrogens with one attached hydrogen (secondary N) is 1. The summed E-state index contributed by atoms with van der Waals surface area (Å²) in [6, 6.07) is 13.8. The molecule has 2 aromatic carbocycles. The molecule has 0 fully saturated rings. The Labute approximate surface area is 193 Å². The van der Waals surface area contributed by atoms with E-state index in [0.717, 1.165) is 41.8 Å². The Morgan fingerprint density at radius 1 is 1.09 bits per heavy atom. The summed E-state index contributed by atoms with van der Waals surface area (Å²) in [6.07, 6.45) is 4.81. The fraction of sp³-hybridized carbons (Fsp3) is 0.480. The van der Waals surface area contributed by atoms with Crippen LogP contribution in [0.4, 0.5) is 5.69 Å². The number of carbonyl (C=O) groups excluding carboxylic acids is 1. The molecule has 0 radical (unpaired) electrons. The van der Waals surface area contributed by atoms with E-state index in [0.29, 0.717) is 19.6 Å². The quantitative estimate of drug-likeness (QED) is 0.454. The van der Waals surface area contributed by atoms with Crippen molar-refractivity contribution in [1.82, 2.24) is 5.32 Å². The van der Waals surface area contributed by atoms with E-state index in [1.165, 1.54) is 16.1 Å². The van der Waals surface area contributed by atoms with Crippen LogP contribution in [0.2, 0.25) is 0 Å². The summed E-state index contributed by atoms with van der Waals surface area (Å²) >= 11 is 0. The average Bonchev–Trinajstić information content (AvgIpc) is 2.75. The molecule has 6 nitrogen and oxygen atoms in total. The van der Waals surface area contributed by atoms with Crippen molar-refractivity contribution in [2.45, 2.75) is 52.9 Å². The Morgan fingerprint density at radius 2 is 1.81 bits per heavy atom. The Balaban J connectivity index is 1.80. The van der Waals surface area contributed by atoms with Crippen molar-refractivity contribution in [1.29, 1.82) is 0 Å². The Bertz CT molecular complexity index is 972. The first kappa shape index (κ1) is 25.7. The van der Waals surface area contributed by atoms with Gasteiger partial charge < -0.3 is 10.1 Å². The molecular weight excluding hydrogens is 424 g/mol. The maximum Gasteiger partial charge on any atom is 0.232 e. The highest BCUT2D eigenvalue weighted by Gasteiger charge is 2.21. The minimum Gasteiger partial charge on any atom is -0.492 e. The van der Waals surface area contributed by atoms with Gasteiger partial charge in [0.1, 0.15) is 12.4 Å². The standard InChI is InChI=1S/C25H36N2O4S/c1-5-9-21-13-15-23(16-14-21)31-19-17-26-24(28)12-8-18-27(32(4,29)30)25-20(3)10-7-11-22(25)6-2/h7,10-11,13-16H,5-6,8-9,12,17-19H2,1-4H3,(H,26,28). The molecule has 1 N–H and O–H groups in total. The zero-order chi connectivity index (χ0) is 23.6. The number of hydrogen-bond acceptors (Lipinski definition) is 4. The van der Waals surface area contributed by atoms with Crippen LogP contribution in [0.25, 0.3) is 0 Å². The Morgan fingerprint density at radius 3 is 2.44 bits per heavy atom. The molecule has 0 aliphatic rings. The lowest BCUT2D eigenvalue weighted by Gasteiger charge is -2.26. The topological polar surface area (TPSA) is 75.7 Å². The van der Waals surface area contributed by atoms with Gasteiger partial charge in [-0.25, -0.2) is 8.42 Å². The van der Waals surface area contributed by atoms with Crippen molar-refractivity contribution in [3.05, 3.63) is 59.2 Å². The third-order valence-corrected chi connectivity index (χ3v) is 6.44. The van der Waals surface area contributed by atoms with E-state index < -0.39 is 10.0 Å². The zero-order valence-corrected chi connectivity index (χ0v) is 20.5. The number of para-hydroxylation sites is 1. The molecule has 176 valence electrons. The third kappa shape index (κ3) is 7.86. The molecule has 0 aliphatic heterocycles. The van der Waals surface area contributed by atoms with Gasteiger partial charge in [0.15, 0.2) is 0 Å². The Hall–Kier alpha value is -2.54. The summed E-state index contributed by atoms with van der Waals surface area (Å²) in [5, 5.41) is 2.84. The fourth-order valence-electron chi connectivity index (χ4n) is 3.68. The van der Waals surface area contributed by atoms with Crippen LogP contribution in [0.15, 0.2) is 42.5 Å². The van der Waals surface area contributed by atoms with E-state index in [1.54, 1.807) is 0 Å². The van der Waals surface area contributed by atoms with Gasteiger partial charge in [0.2, 0.25) is 15.9 Å². The maximum atomic E-state index is 12.4. The van der Waals surface area contributed by atoms with E-state index >= 15 is 0 Å². The first-order valence-corrected chi connectivity index (χ1v) is 13.2. The van der Waals surface area contributed by atoms with Crippen LogP contribution in [0.1, 0.15) is 49.8 Å². The molecule has 2 aromatic rings. The van der Waals surface area contributed by atoms with Gasteiger partial charge in [-0.2, -0.15) is 0 Å². The SMILES string of the molecule is CCCc1ccc(OCCNC(=O)CCCN(c2c(C)cccc2CC)S(C)(=O)=O)cc1.